The van der Waals surface area contributed by atoms with Crippen molar-refractivity contribution in [3.05, 3.63) is 34.3 Å². The van der Waals surface area contributed by atoms with Crippen molar-refractivity contribution in [1.82, 2.24) is 5.32 Å². The molecule has 2 atom stereocenters. The van der Waals surface area contributed by atoms with E-state index in [-0.39, 0.29) is 24.3 Å². The van der Waals surface area contributed by atoms with Gasteiger partial charge < -0.3 is 10.4 Å². The number of halogens is 1. The van der Waals surface area contributed by atoms with Crippen LogP contribution < -0.4 is 5.32 Å². The molecule has 4 nitrogen and oxygen atoms in total. The number of carboxylic acids is 1. The Labute approximate surface area is 127 Å². The molecular weight excluding hydrogens is 322 g/mol. The molecule has 0 saturated heterocycles. The van der Waals surface area contributed by atoms with Gasteiger partial charge >= 0.3 is 5.97 Å². The topological polar surface area (TPSA) is 66.4 Å². The van der Waals surface area contributed by atoms with Gasteiger partial charge in [0.25, 0.3) is 0 Å². The predicted molar refractivity (Wildman–Crippen MR) is 81.6 cm³/mol. The lowest BCUT2D eigenvalue weighted by Gasteiger charge is -2.16. The van der Waals surface area contributed by atoms with Gasteiger partial charge in [-0.2, -0.15) is 0 Å². The SMILES string of the molecule is CC(CCC(=O)O)NC(=O)CC(C)c1ccc(Br)cc1. The fraction of sp³-hybridized carbons (Fsp3) is 0.467. The van der Waals surface area contributed by atoms with Crippen molar-refractivity contribution in [3.63, 3.8) is 0 Å². The van der Waals surface area contributed by atoms with E-state index in [1.807, 2.05) is 38.1 Å². The van der Waals surface area contributed by atoms with Gasteiger partial charge in [-0.25, -0.2) is 0 Å². The van der Waals surface area contributed by atoms with E-state index in [2.05, 4.69) is 21.2 Å². The van der Waals surface area contributed by atoms with Crippen molar-refractivity contribution >= 4 is 27.8 Å². The molecule has 1 amide bonds. The Morgan fingerprint density at radius 3 is 2.40 bits per heavy atom. The van der Waals surface area contributed by atoms with Crippen LogP contribution >= 0.6 is 15.9 Å². The number of rotatable bonds is 7. The highest BCUT2D eigenvalue weighted by molar-refractivity contribution is 9.10. The number of carbonyl (C=O) groups is 2. The Hall–Kier alpha value is -1.36. The molecule has 1 rings (SSSR count). The third kappa shape index (κ3) is 6.19. The second-order valence-corrected chi connectivity index (χ2v) is 5.97. The summed E-state index contributed by atoms with van der Waals surface area (Å²) >= 11 is 3.38. The first-order valence-electron chi connectivity index (χ1n) is 6.65. The summed E-state index contributed by atoms with van der Waals surface area (Å²) in [7, 11) is 0. The van der Waals surface area contributed by atoms with Crippen molar-refractivity contribution < 1.29 is 14.7 Å². The third-order valence-electron chi connectivity index (χ3n) is 3.13. The molecule has 1 aromatic carbocycles. The minimum absolute atomic E-state index is 0.0432. The number of benzene rings is 1. The Kier molecular flexibility index (Phi) is 6.71. The molecule has 20 heavy (non-hydrogen) atoms. The van der Waals surface area contributed by atoms with Gasteiger partial charge in [-0.05, 0) is 37.0 Å². The molecule has 0 aliphatic heterocycles. The number of hydrogen-bond donors (Lipinski definition) is 2. The van der Waals surface area contributed by atoms with Gasteiger partial charge in [0.2, 0.25) is 5.91 Å². The van der Waals surface area contributed by atoms with E-state index >= 15 is 0 Å². The van der Waals surface area contributed by atoms with Crippen LogP contribution in [-0.2, 0) is 9.59 Å². The third-order valence-corrected chi connectivity index (χ3v) is 3.66. The van der Waals surface area contributed by atoms with Crippen LogP contribution in [0.25, 0.3) is 0 Å². The smallest absolute Gasteiger partial charge is 0.303 e. The summed E-state index contributed by atoms with van der Waals surface area (Å²) in [6, 6.07) is 7.79. The zero-order valence-corrected chi connectivity index (χ0v) is 13.3. The van der Waals surface area contributed by atoms with Crippen LogP contribution in [0.5, 0.6) is 0 Å². The van der Waals surface area contributed by atoms with Gasteiger partial charge in [0.1, 0.15) is 0 Å². The van der Waals surface area contributed by atoms with Crippen LogP contribution in [0, 0.1) is 0 Å². The normalized spacial score (nSPS) is 13.6. The monoisotopic (exact) mass is 341 g/mol. The van der Waals surface area contributed by atoms with Crippen LogP contribution in [0.3, 0.4) is 0 Å². The van der Waals surface area contributed by atoms with E-state index in [1.165, 1.54) is 0 Å². The van der Waals surface area contributed by atoms with Gasteiger partial charge in [-0.3, -0.25) is 9.59 Å². The molecular formula is C15H20BrNO3. The fourth-order valence-corrected chi connectivity index (χ4v) is 2.20. The highest BCUT2D eigenvalue weighted by Gasteiger charge is 2.14. The summed E-state index contributed by atoms with van der Waals surface area (Å²) in [6.45, 7) is 3.83. The van der Waals surface area contributed by atoms with E-state index in [0.717, 1.165) is 10.0 Å². The van der Waals surface area contributed by atoms with Crippen LogP contribution in [0.1, 0.15) is 44.6 Å². The second kappa shape index (κ2) is 8.04. The fourth-order valence-electron chi connectivity index (χ4n) is 1.93. The quantitative estimate of drug-likeness (QED) is 0.799. The summed E-state index contributed by atoms with van der Waals surface area (Å²) in [6.07, 6.45) is 0.927. The minimum Gasteiger partial charge on any atom is -0.481 e. The largest absolute Gasteiger partial charge is 0.481 e. The van der Waals surface area contributed by atoms with Gasteiger partial charge in [0.15, 0.2) is 0 Å². The highest BCUT2D eigenvalue weighted by Crippen LogP contribution is 2.21. The van der Waals surface area contributed by atoms with Gasteiger partial charge in [-0.1, -0.05) is 35.0 Å². The summed E-state index contributed by atoms with van der Waals surface area (Å²) in [5.74, 6) is -0.748. The lowest BCUT2D eigenvalue weighted by molar-refractivity contribution is -0.137. The molecule has 0 spiro atoms. The first kappa shape index (κ1) is 16.7. The highest BCUT2D eigenvalue weighted by atomic mass is 79.9. The summed E-state index contributed by atoms with van der Waals surface area (Å²) < 4.78 is 1.01. The van der Waals surface area contributed by atoms with E-state index < -0.39 is 5.97 Å². The van der Waals surface area contributed by atoms with E-state index in [1.54, 1.807) is 0 Å². The van der Waals surface area contributed by atoms with Crippen molar-refractivity contribution in [1.29, 1.82) is 0 Å². The molecule has 0 aliphatic carbocycles. The average molecular weight is 342 g/mol. The van der Waals surface area contributed by atoms with Crippen molar-refractivity contribution in [2.24, 2.45) is 0 Å². The lowest BCUT2D eigenvalue weighted by Crippen LogP contribution is -2.33. The molecule has 0 fully saturated rings. The number of hydrogen-bond acceptors (Lipinski definition) is 2. The molecule has 0 aromatic heterocycles. The first-order chi connectivity index (χ1) is 9.38. The van der Waals surface area contributed by atoms with Crippen LogP contribution in [-0.4, -0.2) is 23.0 Å². The minimum atomic E-state index is -0.839. The molecule has 2 unspecified atom stereocenters. The van der Waals surface area contributed by atoms with Crippen LogP contribution in [0.4, 0.5) is 0 Å². The molecule has 0 aliphatic rings. The van der Waals surface area contributed by atoms with E-state index in [9.17, 15) is 9.59 Å². The number of amides is 1. The summed E-state index contributed by atoms with van der Waals surface area (Å²) in [5, 5.41) is 11.4. The van der Waals surface area contributed by atoms with Crippen molar-refractivity contribution in [3.8, 4) is 0 Å². The predicted octanol–water partition coefficient (Wildman–Crippen LogP) is 3.31. The zero-order valence-electron chi connectivity index (χ0n) is 11.7. The molecule has 0 saturated carbocycles. The Morgan fingerprint density at radius 2 is 1.85 bits per heavy atom. The molecule has 1 aromatic rings. The Morgan fingerprint density at radius 1 is 1.25 bits per heavy atom. The van der Waals surface area contributed by atoms with Crippen LogP contribution in [0.15, 0.2) is 28.7 Å². The van der Waals surface area contributed by atoms with Gasteiger partial charge in [-0.15, -0.1) is 0 Å². The zero-order chi connectivity index (χ0) is 15.1. The van der Waals surface area contributed by atoms with Gasteiger partial charge in [0.05, 0.1) is 0 Å². The Balaban J connectivity index is 2.41. The number of nitrogens with one attached hydrogen (secondary N) is 1. The first-order valence-corrected chi connectivity index (χ1v) is 7.44. The standard InChI is InChI=1S/C15H20BrNO3/c1-10(12-4-6-13(16)7-5-12)9-14(18)17-11(2)3-8-15(19)20/h4-7,10-11H,3,8-9H2,1-2H3,(H,17,18)(H,19,20). The average Bonchev–Trinajstić information content (AvgIpc) is 2.36. The van der Waals surface area contributed by atoms with E-state index in [4.69, 9.17) is 5.11 Å². The molecule has 5 heteroatoms. The van der Waals surface area contributed by atoms with Crippen molar-refractivity contribution in [2.45, 2.75) is 45.1 Å². The summed E-state index contributed by atoms with van der Waals surface area (Å²) in [4.78, 5) is 22.3. The maximum Gasteiger partial charge on any atom is 0.303 e. The maximum atomic E-state index is 11.9. The number of aliphatic carboxylic acids is 1. The second-order valence-electron chi connectivity index (χ2n) is 5.06. The molecule has 0 heterocycles. The van der Waals surface area contributed by atoms with Crippen molar-refractivity contribution in [2.75, 3.05) is 0 Å². The molecule has 110 valence electrons. The lowest BCUT2D eigenvalue weighted by atomic mass is 9.97. The maximum absolute atomic E-state index is 11.9. The molecule has 0 bridgehead atoms. The van der Waals surface area contributed by atoms with E-state index in [0.29, 0.717) is 12.8 Å². The summed E-state index contributed by atoms with van der Waals surface area (Å²) in [5.41, 5.74) is 1.11. The number of carboxylic acid groups (broad SMARTS) is 1. The Bertz CT molecular complexity index is 459. The van der Waals surface area contributed by atoms with Gasteiger partial charge in [0, 0.05) is 23.4 Å². The molecule has 0 radical (unpaired) electrons. The van der Waals surface area contributed by atoms with Crippen LogP contribution in [0.2, 0.25) is 0 Å². The number of carbonyl (C=O) groups excluding carboxylic acids is 1. The molecule has 2 N–H and O–H groups in total.